The number of carbonyl (C=O) groups excluding carboxylic acids is 2. The first kappa shape index (κ1) is 21.3. The average molecular weight is 413 g/mol. The van der Waals surface area contributed by atoms with E-state index in [-0.39, 0.29) is 12.5 Å². The van der Waals surface area contributed by atoms with Gasteiger partial charge in [-0.25, -0.2) is 4.79 Å². The normalized spacial score (nSPS) is 21.9. The van der Waals surface area contributed by atoms with Gasteiger partial charge in [-0.05, 0) is 48.4 Å². The molecule has 2 fully saturated rings. The lowest BCUT2D eigenvalue weighted by atomic mass is 9.95. The molecular weight excluding hydrogens is 390 g/mol. The van der Waals surface area contributed by atoms with E-state index in [2.05, 4.69) is 23.7 Å². The maximum absolute atomic E-state index is 12.5. The molecule has 2 aliphatic rings. The molecule has 0 radical (unpaired) electrons. The summed E-state index contributed by atoms with van der Waals surface area (Å²) in [5.41, 5.74) is 0.546. The molecule has 3 atom stereocenters. The zero-order valence-electron chi connectivity index (χ0n) is 16.4. The van der Waals surface area contributed by atoms with E-state index in [0.717, 1.165) is 12.0 Å². The van der Waals surface area contributed by atoms with Crippen molar-refractivity contribution < 1.29 is 24.2 Å². The standard InChI is InChI=1S/C22H23NO5S/c1-27-21(26)20(22(28-2)13-29-14-22)23(15-25)19-9-7-16(8-10-19)5-3-4-6-17-11-18(17)12-24/h7-10,15,17-18,20,24H,11-14H2,1-2H3/t17-,18+,20?/m1/s1. The third-order valence-electron chi connectivity index (χ3n) is 5.26. The number of carbonyl (C=O) groups is 2. The summed E-state index contributed by atoms with van der Waals surface area (Å²) in [5.74, 6) is 12.9. The van der Waals surface area contributed by atoms with E-state index < -0.39 is 17.6 Å². The Bertz CT molecular complexity index is 867. The smallest absolute Gasteiger partial charge is 0.332 e. The van der Waals surface area contributed by atoms with Crippen molar-refractivity contribution in [3.8, 4) is 23.7 Å². The van der Waals surface area contributed by atoms with E-state index in [1.54, 1.807) is 43.1 Å². The topological polar surface area (TPSA) is 76.1 Å². The van der Waals surface area contributed by atoms with Gasteiger partial charge < -0.3 is 14.6 Å². The number of thioether (sulfide) groups is 1. The van der Waals surface area contributed by atoms with Gasteiger partial charge in [0.15, 0.2) is 6.04 Å². The molecule has 1 aliphatic carbocycles. The lowest BCUT2D eigenvalue weighted by Crippen LogP contribution is -2.65. The van der Waals surface area contributed by atoms with Gasteiger partial charge in [0.1, 0.15) is 5.60 Å². The quantitative estimate of drug-likeness (QED) is 0.413. The molecule has 1 saturated carbocycles. The van der Waals surface area contributed by atoms with Gasteiger partial charge in [0.25, 0.3) is 0 Å². The number of rotatable bonds is 7. The predicted octanol–water partition coefficient (Wildman–Crippen LogP) is 1.31. The summed E-state index contributed by atoms with van der Waals surface area (Å²) < 4.78 is 10.6. The maximum atomic E-state index is 12.5. The van der Waals surface area contributed by atoms with Crippen LogP contribution in [0, 0.1) is 35.5 Å². The molecule has 6 nitrogen and oxygen atoms in total. The summed E-state index contributed by atoms with van der Waals surface area (Å²) >= 11 is 1.65. The van der Waals surface area contributed by atoms with Crippen molar-refractivity contribution in [3.05, 3.63) is 29.8 Å². The van der Waals surface area contributed by atoms with E-state index >= 15 is 0 Å². The molecule has 152 valence electrons. The zero-order chi connectivity index (χ0) is 20.9. The number of hydrogen-bond donors (Lipinski definition) is 1. The molecule has 3 rings (SSSR count). The summed E-state index contributed by atoms with van der Waals surface area (Å²) in [6.07, 6.45) is 1.56. The van der Waals surface area contributed by atoms with Gasteiger partial charge in [0.05, 0.1) is 7.11 Å². The Kier molecular flexibility index (Phi) is 6.87. The number of ether oxygens (including phenoxy) is 2. The molecule has 1 N–H and O–H groups in total. The first-order valence-electron chi connectivity index (χ1n) is 9.25. The Morgan fingerprint density at radius 1 is 1.34 bits per heavy atom. The molecule has 0 bridgehead atoms. The van der Waals surface area contributed by atoms with Crippen LogP contribution in [0.2, 0.25) is 0 Å². The molecule has 1 aromatic rings. The molecule has 1 saturated heterocycles. The monoisotopic (exact) mass is 413 g/mol. The minimum Gasteiger partial charge on any atom is -0.467 e. The third kappa shape index (κ3) is 4.59. The van der Waals surface area contributed by atoms with Gasteiger partial charge in [-0.1, -0.05) is 11.8 Å². The molecule has 1 heterocycles. The number of anilines is 1. The van der Waals surface area contributed by atoms with Crippen LogP contribution in [0.25, 0.3) is 0 Å². The summed E-state index contributed by atoms with van der Waals surface area (Å²) in [5, 5.41) is 9.01. The highest BCUT2D eigenvalue weighted by Crippen LogP contribution is 2.39. The fourth-order valence-corrected chi connectivity index (χ4v) is 4.39. The molecular formula is C22H23NO5S. The van der Waals surface area contributed by atoms with E-state index in [4.69, 9.17) is 14.6 Å². The number of aliphatic hydroxyl groups is 1. The highest BCUT2D eigenvalue weighted by molar-refractivity contribution is 8.00. The number of nitrogens with zero attached hydrogens (tertiary/aromatic N) is 1. The highest BCUT2D eigenvalue weighted by Gasteiger charge is 2.52. The lowest BCUT2D eigenvalue weighted by Gasteiger charge is -2.47. The van der Waals surface area contributed by atoms with Crippen molar-refractivity contribution in [2.45, 2.75) is 18.1 Å². The second kappa shape index (κ2) is 9.37. The van der Waals surface area contributed by atoms with Gasteiger partial charge in [-0.15, -0.1) is 0 Å². The molecule has 0 spiro atoms. The van der Waals surface area contributed by atoms with E-state index in [9.17, 15) is 9.59 Å². The van der Waals surface area contributed by atoms with Crippen LogP contribution in [-0.2, 0) is 19.1 Å². The second-order valence-corrected chi connectivity index (χ2v) is 8.04. The molecule has 0 aromatic heterocycles. The Labute approximate surface area is 174 Å². The average Bonchev–Trinajstić information content (AvgIpc) is 3.49. The van der Waals surface area contributed by atoms with Crippen LogP contribution < -0.4 is 4.90 Å². The van der Waals surface area contributed by atoms with Crippen LogP contribution in [0.1, 0.15) is 12.0 Å². The number of methoxy groups -OCH3 is 2. The minimum atomic E-state index is -0.864. The molecule has 29 heavy (non-hydrogen) atoms. The Hall–Kier alpha value is -2.45. The van der Waals surface area contributed by atoms with Crippen LogP contribution in [0.5, 0.6) is 0 Å². The fraction of sp³-hybridized carbons (Fsp3) is 0.455. The van der Waals surface area contributed by atoms with Gasteiger partial charge >= 0.3 is 5.97 Å². The number of amides is 1. The fourth-order valence-electron chi connectivity index (χ4n) is 3.23. The van der Waals surface area contributed by atoms with Gasteiger partial charge in [0, 0.05) is 42.4 Å². The van der Waals surface area contributed by atoms with Gasteiger partial charge in [0.2, 0.25) is 6.41 Å². The molecule has 1 amide bonds. The summed E-state index contributed by atoms with van der Waals surface area (Å²) in [4.78, 5) is 25.7. The number of hydrogen-bond acceptors (Lipinski definition) is 6. The first-order chi connectivity index (χ1) is 14.1. The van der Waals surface area contributed by atoms with Crippen molar-refractivity contribution in [1.29, 1.82) is 0 Å². The second-order valence-electron chi connectivity index (χ2n) is 7.05. The van der Waals surface area contributed by atoms with Gasteiger partial charge in [-0.2, -0.15) is 11.8 Å². The Morgan fingerprint density at radius 3 is 2.55 bits per heavy atom. The number of esters is 1. The Morgan fingerprint density at radius 2 is 2.07 bits per heavy atom. The van der Waals surface area contributed by atoms with Crippen LogP contribution in [0.4, 0.5) is 5.69 Å². The third-order valence-corrected chi connectivity index (χ3v) is 6.65. The maximum Gasteiger partial charge on any atom is 0.332 e. The summed E-state index contributed by atoms with van der Waals surface area (Å²) in [6, 6.07) is 6.16. The van der Waals surface area contributed by atoms with Gasteiger partial charge in [-0.3, -0.25) is 9.69 Å². The largest absolute Gasteiger partial charge is 0.467 e. The summed E-state index contributed by atoms with van der Waals surface area (Å²) in [7, 11) is 2.85. The van der Waals surface area contributed by atoms with E-state index in [1.165, 1.54) is 12.0 Å². The number of aliphatic hydroxyl groups excluding tert-OH is 1. The molecule has 1 aliphatic heterocycles. The van der Waals surface area contributed by atoms with Crippen LogP contribution in [0.3, 0.4) is 0 Å². The van der Waals surface area contributed by atoms with Crippen molar-refractivity contribution in [2.75, 3.05) is 37.2 Å². The van der Waals surface area contributed by atoms with Crippen molar-refractivity contribution in [1.82, 2.24) is 0 Å². The number of benzene rings is 1. The van der Waals surface area contributed by atoms with Crippen LogP contribution in [-0.4, -0.2) is 61.5 Å². The van der Waals surface area contributed by atoms with E-state index in [0.29, 0.717) is 29.5 Å². The molecule has 1 aromatic carbocycles. The molecule has 7 heteroatoms. The zero-order valence-corrected chi connectivity index (χ0v) is 17.2. The SMILES string of the molecule is COC(=O)C(N(C=O)c1ccc(C#CC#C[C@@H]2C[C@H]2CO)cc1)C1(OC)CSC1. The minimum absolute atomic E-state index is 0.178. The summed E-state index contributed by atoms with van der Waals surface area (Å²) in [6.45, 7) is 0.178. The van der Waals surface area contributed by atoms with Crippen molar-refractivity contribution in [3.63, 3.8) is 0 Å². The van der Waals surface area contributed by atoms with Crippen molar-refractivity contribution >= 4 is 29.8 Å². The lowest BCUT2D eigenvalue weighted by molar-refractivity contribution is -0.150. The van der Waals surface area contributed by atoms with Crippen LogP contribution >= 0.6 is 11.8 Å². The molecule has 1 unspecified atom stereocenters. The van der Waals surface area contributed by atoms with Crippen molar-refractivity contribution in [2.24, 2.45) is 11.8 Å². The van der Waals surface area contributed by atoms with Crippen LogP contribution in [0.15, 0.2) is 24.3 Å². The first-order valence-corrected chi connectivity index (χ1v) is 10.4. The van der Waals surface area contributed by atoms with E-state index in [1.807, 2.05) is 0 Å². The highest BCUT2D eigenvalue weighted by atomic mass is 32.2. The predicted molar refractivity (Wildman–Crippen MR) is 111 cm³/mol. The Balaban J connectivity index is 1.76.